The summed E-state index contributed by atoms with van der Waals surface area (Å²) in [6, 6.07) is 0. The van der Waals surface area contributed by atoms with Gasteiger partial charge >= 0.3 is 0 Å². The second-order valence-electron chi connectivity index (χ2n) is 3.46. The zero-order valence-corrected chi connectivity index (χ0v) is 7.59. The van der Waals surface area contributed by atoms with Crippen molar-refractivity contribution in [1.82, 2.24) is 5.32 Å². The third-order valence-corrected chi connectivity index (χ3v) is 2.74. The van der Waals surface area contributed by atoms with Gasteiger partial charge in [0.2, 0.25) is 0 Å². The molecular weight excluding hydrogens is 134 g/mol. The summed E-state index contributed by atoms with van der Waals surface area (Å²) in [5.41, 5.74) is 0.170. The van der Waals surface area contributed by atoms with Crippen molar-refractivity contribution in [3.63, 3.8) is 0 Å². The van der Waals surface area contributed by atoms with Gasteiger partial charge in [-0.1, -0.05) is 31.2 Å². The first-order valence-corrected chi connectivity index (χ1v) is 4.22. The molecule has 0 amide bonds. The Hall–Kier alpha value is -0.560. The van der Waals surface area contributed by atoms with Gasteiger partial charge in [-0.25, -0.2) is 0 Å². The Morgan fingerprint density at radius 1 is 1.45 bits per heavy atom. The molecule has 0 fully saturated rings. The summed E-state index contributed by atoms with van der Waals surface area (Å²) in [7, 11) is 2.02. The van der Waals surface area contributed by atoms with E-state index in [1.54, 1.807) is 0 Å². The molecule has 1 aliphatic carbocycles. The molecule has 2 unspecified atom stereocenters. The first-order valence-electron chi connectivity index (χ1n) is 4.22. The summed E-state index contributed by atoms with van der Waals surface area (Å²) in [6.07, 6.45) is 9.87. The highest BCUT2D eigenvalue weighted by Crippen LogP contribution is 2.23. The zero-order chi connectivity index (χ0) is 8.32. The minimum atomic E-state index is 0.170. The van der Waals surface area contributed by atoms with Gasteiger partial charge in [-0.3, -0.25) is 0 Å². The van der Waals surface area contributed by atoms with Gasteiger partial charge in [0, 0.05) is 5.54 Å². The van der Waals surface area contributed by atoms with Gasteiger partial charge in [-0.15, -0.1) is 0 Å². The SMILES string of the molecule is CNC1(C)C=CC=CCC1C. The lowest BCUT2D eigenvalue weighted by Gasteiger charge is -2.31. The summed E-state index contributed by atoms with van der Waals surface area (Å²) in [4.78, 5) is 0. The van der Waals surface area contributed by atoms with Crippen molar-refractivity contribution < 1.29 is 0 Å². The van der Waals surface area contributed by atoms with E-state index in [1.165, 1.54) is 0 Å². The summed E-state index contributed by atoms with van der Waals surface area (Å²) in [5, 5.41) is 3.34. The van der Waals surface area contributed by atoms with Crippen LogP contribution in [0.25, 0.3) is 0 Å². The van der Waals surface area contributed by atoms with Gasteiger partial charge in [-0.2, -0.15) is 0 Å². The Morgan fingerprint density at radius 3 is 2.82 bits per heavy atom. The van der Waals surface area contributed by atoms with Crippen molar-refractivity contribution in [3.8, 4) is 0 Å². The molecule has 0 bridgehead atoms. The molecule has 0 aromatic heterocycles. The fourth-order valence-corrected chi connectivity index (χ4v) is 1.36. The second kappa shape index (κ2) is 3.22. The van der Waals surface area contributed by atoms with Crippen molar-refractivity contribution in [2.75, 3.05) is 7.05 Å². The topological polar surface area (TPSA) is 12.0 Å². The van der Waals surface area contributed by atoms with Gasteiger partial charge in [0.25, 0.3) is 0 Å². The monoisotopic (exact) mass is 151 g/mol. The Balaban J connectivity index is 2.78. The van der Waals surface area contributed by atoms with Crippen LogP contribution in [0.4, 0.5) is 0 Å². The maximum absolute atomic E-state index is 3.34. The van der Waals surface area contributed by atoms with Crippen LogP contribution in [-0.4, -0.2) is 12.6 Å². The third kappa shape index (κ3) is 1.72. The number of rotatable bonds is 1. The molecule has 1 nitrogen and oxygen atoms in total. The van der Waals surface area contributed by atoms with Gasteiger partial charge < -0.3 is 5.32 Å². The first-order chi connectivity index (χ1) is 5.19. The summed E-state index contributed by atoms with van der Waals surface area (Å²) < 4.78 is 0. The molecule has 0 saturated carbocycles. The van der Waals surface area contributed by atoms with Gasteiger partial charge in [0.1, 0.15) is 0 Å². The van der Waals surface area contributed by atoms with Crippen LogP contribution in [0.3, 0.4) is 0 Å². The molecule has 0 saturated heterocycles. The maximum atomic E-state index is 3.34. The summed E-state index contributed by atoms with van der Waals surface area (Å²) in [5.74, 6) is 0.669. The third-order valence-electron chi connectivity index (χ3n) is 2.74. The van der Waals surface area contributed by atoms with Crippen molar-refractivity contribution in [2.45, 2.75) is 25.8 Å². The van der Waals surface area contributed by atoms with Gasteiger partial charge in [-0.05, 0) is 26.3 Å². The van der Waals surface area contributed by atoms with E-state index in [9.17, 15) is 0 Å². The van der Waals surface area contributed by atoms with Crippen molar-refractivity contribution in [1.29, 1.82) is 0 Å². The minimum Gasteiger partial charge on any atom is -0.311 e. The highest BCUT2D eigenvalue weighted by molar-refractivity contribution is 5.17. The quantitative estimate of drug-likeness (QED) is 0.605. The van der Waals surface area contributed by atoms with Crippen molar-refractivity contribution in [2.24, 2.45) is 5.92 Å². The van der Waals surface area contributed by atoms with Crippen LogP contribution < -0.4 is 5.32 Å². The fraction of sp³-hybridized carbons (Fsp3) is 0.600. The molecule has 1 aliphatic rings. The lowest BCUT2D eigenvalue weighted by molar-refractivity contribution is 0.333. The number of hydrogen-bond acceptors (Lipinski definition) is 1. The molecule has 0 aromatic carbocycles. The molecule has 0 heterocycles. The van der Waals surface area contributed by atoms with E-state index >= 15 is 0 Å². The average Bonchev–Trinajstić information content (AvgIpc) is 2.16. The maximum Gasteiger partial charge on any atom is 0.0365 e. The normalized spacial score (nSPS) is 37.2. The highest BCUT2D eigenvalue weighted by Gasteiger charge is 2.25. The molecule has 11 heavy (non-hydrogen) atoms. The van der Waals surface area contributed by atoms with Crippen LogP contribution in [0.1, 0.15) is 20.3 Å². The Labute approximate surface area is 69.2 Å². The van der Waals surface area contributed by atoms with Crippen LogP contribution in [0, 0.1) is 5.92 Å². The molecule has 0 aromatic rings. The van der Waals surface area contributed by atoms with Crippen LogP contribution >= 0.6 is 0 Å². The van der Waals surface area contributed by atoms with Crippen LogP contribution in [0.2, 0.25) is 0 Å². The molecule has 0 spiro atoms. The van der Waals surface area contributed by atoms with E-state index in [0.717, 1.165) is 6.42 Å². The van der Waals surface area contributed by atoms with Gasteiger partial charge in [0.05, 0.1) is 0 Å². The molecule has 1 rings (SSSR count). The molecule has 1 N–H and O–H groups in total. The van der Waals surface area contributed by atoms with E-state index in [-0.39, 0.29) is 5.54 Å². The number of hydrogen-bond donors (Lipinski definition) is 1. The largest absolute Gasteiger partial charge is 0.311 e. The lowest BCUT2D eigenvalue weighted by atomic mass is 9.85. The predicted octanol–water partition coefficient (Wildman–Crippen LogP) is 2.12. The zero-order valence-electron chi connectivity index (χ0n) is 7.59. The summed E-state index contributed by atoms with van der Waals surface area (Å²) >= 11 is 0. The molecule has 2 atom stereocenters. The smallest absolute Gasteiger partial charge is 0.0365 e. The molecule has 1 heteroatoms. The average molecular weight is 151 g/mol. The Bertz CT molecular complexity index is 181. The molecule has 62 valence electrons. The van der Waals surface area contributed by atoms with Crippen LogP contribution in [-0.2, 0) is 0 Å². The predicted molar refractivity (Wildman–Crippen MR) is 49.5 cm³/mol. The van der Waals surface area contributed by atoms with Crippen molar-refractivity contribution >= 4 is 0 Å². The Kier molecular flexibility index (Phi) is 2.50. The highest BCUT2D eigenvalue weighted by atomic mass is 14.9. The van der Waals surface area contributed by atoms with E-state index in [2.05, 4.69) is 43.5 Å². The molecule has 0 radical (unpaired) electrons. The number of allylic oxidation sites excluding steroid dienone is 3. The van der Waals surface area contributed by atoms with E-state index in [0.29, 0.717) is 5.92 Å². The second-order valence-corrected chi connectivity index (χ2v) is 3.46. The van der Waals surface area contributed by atoms with Crippen molar-refractivity contribution in [3.05, 3.63) is 24.3 Å². The standard InChI is InChI=1S/C10H17N/c1-9-7-5-4-6-8-10(9,2)11-3/h4-6,8-9,11H,7H2,1-3H3. The number of likely N-dealkylation sites (N-methyl/N-ethyl adjacent to an activating group) is 1. The van der Waals surface area contributed by atoms with Crippen LogP contribution in [0.5, 0.6) is 0 Å². The summed E-state index contributed by atoms with van der Waals surface area (Å²) in [6.45, 7) is 4.51. The lowest BCUT2D eigenvalue weighted by Crippen LogP contribution is -2.43. The Morgan fingerprint density at radius 2 is 2.18 bits per heavy atom. The van der Waals surface area contributed by atoms with E-state index < -0.39 is 0 Å². The number of nitrogens with one attached hydrogen (secondary N) is 1. The minimum absolute atomic E-state index is 0.170. The van der Waals surface area contributed by atoms with E-state index in [4.69, 9.17) is 0 Å². The first kappa shape index (κ1) is 8.54. The fourth-order valence-electron chi connectivity index (χ4n) is 1.36. The molecule has 0 aliphatic heterocycles. The van der Waals surface area contributed by atoms with Crippen LogP contribution in [0.15, 0.2) is 24.3 Å². The van der Waals surface area contributed by atoms with Gasteiger partial charge in [0.15, 0.2) is 0 Å². The van der Waals surface area contributed by atoms with E-state index in [1.807, 2.05) is 7.05 Å². The molecular formula is C10H17N.